The number of hydrogen-bond acceptors (Lipinski definition) is 6. The van der Waals surface area contributed by atoms with Gasteiger partial charge in [-0.25, -0.2) is 19.9 Å². The van der Waals surface area contributed by atoms with Crippen LogP contribution in [0.3, 0.4) is 0 Å². The van der Waals surface area contributed by atoms with E-state index in [-0.39, 0.29) is 0 Å². The standard InChI is InChI=1S/C46H24N6O2/c1-5-17-32-25(11-1)26-23-24-34-39(44(26)52(32)46-48-31-16-10-22-38-41(31)43(50-46)29-14-4-8-20-36(29)54-38)27-12-2-6-18-33(27)51(34)45-47-30-15-9-21-37-40(30)42(49-45)28-13-3-7-19-35(28)53-37/h1-24H. The third-order valence-corrected chi connectivity index (χ3v) is 10.9. The van der Waals surface area contributed by atoms with Crippen molar-refractivity contribution in [1.29, 1.82) is 0 Å². The van der Waals surface area contributed by atoms with Gasteiger partial charge >= 0.3 is 0 Å². The lowest BCUT2D eigenvalue weighted by molar-refractivity contribution is 0.486. The van der Waals surface area contributed by atoms with E-state index in [9.17, 15) is 0 Å². The van der Waals surface area contributed by atoms with Gasteiger partial charge < -0.3 is 9.47 Å². The van der Waals surface area contributed by atoms with Gasteiger partial charge in [0.2, 0.25) is 11.9 Å². The minimum Gasteiger partial charge on any atom is -0.456 e. The molecule has 0 spiro atoms. The molecule has 0 radical (unpaired) electrons. The molecule has 0 fully saturated rings. The lowest BCUT2D eigenvalue weighted by Crippen LogP contribution is -2.07. The van der Waals surface area contributed by atoms with Crippen molar-refractivity contribution in [3.8, 4) is 57.4 Å². The van der Waals surface area contributed by atoms with E-state index in [4.69, 9.17) is 29.4 Å². The Morgan fingerprint density at radius 3 is 1.52 bits per heavy atom. The van der Waals surface area contributed by atoms with Crippen molar-refractivity contribution in [2.75, 3.05) is 0 Å². The lowest BCUT2D eigenvalue weighted by Gasteiger charge is -2.21. The fourth-order valence-electron chi connectivity index (χ4n) is 8.71. The number of ether oxygens (including phenoxy) is 2. The van der Waals surface area contributed by atoms with Crippen molar-refractivity contribution in [3.05, 3.63) is 146 Å². The van der Waals surface area contributed by atoms with Gasteiger partial charge in [-0.05, 0) is 66.7 Å². The summed E-state index contributed by atoms with van der Waals surface area (Å²) in [6, 6.07) is 49.6. The SMILES string of the molecule is c1ccc2c(c1)Oc1cccc3nc(-n4c5ccccc5c5c4ccc4c6ccccc6n(-c6nc7c8c(cccc8n6)Oc6ccccc6-7)c45)nc-2c13. The summed E-state index contributed by atoms with van der Waals surface area (Å²) in [4.78, 5) is 21.2. The van der Waals surface area contributed by atoms with Crippen LogP contribution in [0.15, 0.2) is 146 Å². The molecule has 4 aromatic heterocycles. The molecule has 7 aromatic carbocycles. The molecule has 13 rings (SSSR count). The smallest absolute Gasteiger partial charge is 0.235 e. The quantitative estimate of drug-likeness (QED) is 0.179. The highest BCUT2D eigenvalue weighted by molar-refractivity contribution is 6.26. The molecule has 0 unspecified atom stereocenters. The Labute approximate surface area is 306 Å². The topological polar surface area (TPSA) is 79.9 Å². The number of fused-ring (bicyclic) bond motifs is 11. The zero-order chi connectivity index (χ0) is 35.1. The second kappa shape index (κ2) is 10.1. The molecule has 0 N–H and O–H groups in total. The first-order chi connectivity index (χ1) is 26.8. The van der Waals surface area contributed by atoms with Crippen molar-refractivity contribution in [2.45, 2.75) is 0 Å². The van der Waals surface area contributed by atoms with Crippen LogP contribution in [0.25, 0.3) is 99.8 Å². The van der Waals surface area contributed by atoms with Crippen LogP contribution in [-0.4, -0.2) is 29.1 Å². The third kappa shape index (κ3) is 3.56. The molecular weight excluding hydrogens is 669 g/mol. The van der Waals surface area contributed by atoms with Crippen molar-refractivity contribution in [3.63, 3.8) is 0 Å². The Bertz CT molecular complexity index is 3470. The second-order valence-electron chi connectivity index (χ2n) is 13.8. The molecule has 0 aliphatic carbocycles. The van der Waals surface area contributed by atoms with Crippen molar-refractivity contribution < 1.29 is 9.47 Å². The van der Waals surface area contributed by atoms with Crippen LogP contribution in [0.1, 0.15) is 0 Å². The van der Waals surface area contributed by atoms with E-state index < -0.39 is 0 Å². The van der Waals surface area contributed by atoms with Crippen LogP contribution < -0.4 is 9.47 Å². The van der Waals surface area contributed by atoms with E-state index in [0.29, 0.717) is 11.9 Å². The van der Waals surface area contributed by atoms with Crippen LogP contribution >= 0.6 is 0 Å². The molecule has 2 aliphatic heterocycles. The first-order valence-corrected chi connectivity index (χ1v) is 17.9. The molecule has 0 amide bonds. The highest BCUT2D eigenvalue weighted by Gasteiger charge is 2.28. The molecule has 11 aromatic rings. The number of benzene rings is 7. The van der Waals surface area contributed by atoms with Gasteiger partial charge in [-0.3, -0.25) is 9.13 Å². The number of aromatic nitrogens is 6. The van der Waals surface area contributed by atoms with Crippen molar-refractivity contribution in [2.24, 2.45) is 0 Å². The van der Waals surface area contributed by atoms with E-state index in [1.54, 1.807) is 0 Å². The van der Waals surface area contributed by atoms with Gasteiger partial charge in [-0.15, -0.1) is 0 Å². The van der Waals surface area contributed by atoms with Crippen molar-refractivity contribution in [1.82, 2.24) is 29.1 Å². The molecule has 2 aliphatic rings. The van der Waals surface area contributed by atoms with E-state index in [1.165, 1.54) is 0 Å². The normalized spacial score (nSPS) is 12.7. The predicted octanol–water partition coefficient (Wildman–Crippen LogP) is 11.3. The maximum atomic E-state index is 6.34. The van der Waals surface area contributed by atoms with Gasteiger partial charge in [0.25, 0.3) is 0 Å². The van der Waals surface area contributed by atoms with E-state index in [2.05, 4.69) is 81.9 Å². The Balaban J connectivity index is 1.17. The Kier molecular flexibility index (Phi) is 5.22. The molecule has 8 heteroatoms. The summed E-state index contributed by atoms with van der Waals surface area (Å²) in [6.45, 7) is 0. The summed E-state index contributed by atoms with van der Waals surface area (Å²) in [6.07, 6.45) is 0. The third-order valence-electron chi connectivity index (χ3n) is 10.9. The highest BCUT2D eigenvalue weighted by atomic mass is 16.5. The minimum absolute atomic E-state index is 0.593. The molecule has 8 nitrogen and oxygen atoms in total. The molecule has 0 saturated heterocycles. The van der Waals surface area contributed by atoms with Gasteiger partial charge in [0.15, 0.2) is 0 Å². The molecule has 6 heterocycles. The maximum absolute atomic E-state index is 6.34. The fourth-order valence-corrected chi connectivity index (χ4v) is 8.71. The van der Waals surface area contributed by atoms with Crippen molar-refractivity contribution >= 4 is 65.4 Å². The second-order valence-corrected chi connectivity index (χ2v) is 13.8. The molecule has 0 saturated carbocycles. The monoisotopic (exact) mass is 692 g/mol. The first-order valence-electron chi connectivity index (χ1n) is 17.9. The first kappa shape index (κ1) is 28.1. The fraction of sp³-hybridized carbons (Fsp3) is 0. The number of hydrogen-bond donors (Lipinski definition) is 0. The lowest BCUT2D eigenvalue weighted by atomic mass is 10.0. The maximum Gasteiger partial charge on any atom is 0.235 e. The van der Waals surface area contributed by atoms with Gasteiger partial charge in [0, 0.05) is 32.7 Å². The average Bonchev–Trinajstić information content (AvgIpc) is 3.74. The Hall–Kier alpha value is -7.58. The van der Waals surface area contributed by atoms with Gasteiger partial charge in [-0.2, -0.15) is 0 Å². The van der Waals surface area contributed by atoms with E-state index in [1.807, 2.05) is 72.8 Å². The largest absolute Gasteiger partial charge is 0.456 e. The summed E-state index contributed by atoms with van der Waals surface area (Å²) in [5.41, 5.74) is 9.29. The Morgan fingerprint density at radius 1 is 0.352 bits per heavy atom. The zero-order valence-electron chi connectivity index (χ0n) is 28.4. The predicted molar refractivity (Wildman–Crippen MR) is 212 cm³/mol. The summed E-state index contributed by atoms with van der Waals surface area (Å²) in [5.74, 6) is 4.28. The Morgan fingerprint density at radius 2 is 0.870 bits per heavy atom. The number of rotatable bonds is 2. The molecule has 250 valence electrons. The molecule has 54 heavy (non-hydrogen) atoms. The van der Waals surface area contributed by atoms with Crippen LogP contribution in [0.4, 0.5) is 0 Å². The van der Waals surface area contributed by atoms with E-state index in [0.717, 1.165) is 111 Å². The summed E-state index contributed by atoms with van der Waals surface area (Å²) in [7, 11) is 0. The van der Waals surface area contributed by atoms with Crippen LogP contribution in [-0.2, 0) is 0 Å². The van der Waals surface area contributed by atoms with Gasteiger partial charge in [-0.1, -0.05) is 78.9 Å². The molecular formula is C46H24N6O2. The zero-order valence-corrected chi connectivity index (χ0v) is 28.4. The van der Waals surface area contributed by atoms with Gasteiger partial charge in [0.1, 0.15) is 23.0 Å². The minimum atomic E-state index is 0.593. The summed E-state index contributed by atoms with van der Waals surface area (Å²) >= 11 is 0. The highest BCUT2D eigenvalue weighted by Crippen LogP contribution is 2.48. The molecule has 0 bridgehead atoms. The van der Waals surface area contributed by atoms with Gasteiger partial charge in [0.05, 0.1) is 55.3 Å². The van der Waals surface area contributed by atoms with Crippen LogP contribution in [0, 0.1) is 0 Å². The summed E-state index contributed by atoms with van der Waals surface area (Å²) in [5, 5.41) is 6.22. The van der Waals surface area contributed by atoms with Crippen LogP contribution in [0.2, 0.25) is 0 Å². The van der Waals surface area contributed by atoms with E-state index >= 15 is 0 Å². The molecule has 0 atom stereocenters. The number of nitrogens with zero attached hydrogens (tertiary/aromatic N) is 6. The summed E-state index contributed by atoms with van der Waals surface area (Å²) < 4.78 is 17.1. The number of para-hydroxylation sites is 4. The van der Waals surface area contributed by atoms with Crippen LogP contribution in [0.5, 0.6) is 23.0 Å². The average molecular weight is 693 g/mol.